The third-order valence-corrected chi connectivity index (χ3v) is 5.52. The molecule has 0 saturated carbocycles. The van der Waals surface area contributed by atoms with E-state index >= 15 is 0 Å². The third kappa shape index (κ3) is 2.30. The molecule has 5 rings (SSSR count). The summed E-state index contributed by atoms with van der Waals surface area (Å²) in [7, 11) is 0. The Bertz CT molecular complexity index is 874. The van der Waals surface area contributed by atoms with E-state index in [9.17, 15) is 0 Å². The van der Waals surface area contributed by atoms with Gasteiger partial charge in [0.05, 0.1) is 6.61 Å². The molecule has 120 valence electrons. The molecule has 2 aliphatic rings. The highest BCUT2D eigenvalue weighted by atomic mass is 16.5. The molecule has 3 aromatic carbocycles. The van der Waals surface area contributed by atoms with Crippen molar-refractivity contribution in [2.45, 2.75) is 12.5 Å². The second-order valence-electron chi connectivity index (χ2n) is 7.06. The highest BCUT2D eigenvalue weighted by Gasteiger charge is 2.39. The zero-order valence-electron chi connectivity index (χ0n) is 13.7. The van der Waals surface area contributed by atoms with Gasteiger partial charge in [0.1, 0.15) is 5.75 Å². The lowest BCUT2D eigenvalue weighted by atomic mass is 9.84. The zero-order chi connectivity index (χ0) is 15.9. The largest absolute Gasteiger partial charge is 0.493 e. The summed E-state index contributed by atoms with van der Waals surface area (Å²) in [6.07, 6.45) is 0. The lowest BCUT2D eigenvalue weighted by Gasteiger charge is -2.29. The minimum atomic E-state index is 0.587. The van der Waals surface area contributed by atoms with E-state index in [1.54, 1.807) is 0 Å². The van der Waals surface area contributed by atoms with Crippen LogP contribution in [0.4, 0.5) is 0 Å². The number of rotatable bonds is 2. The zero-order valence-corrected chi connectivity index (χ0v) is 13.7. The van der Waals surface area contributed by atoms with Gasteiger partial charge < -0.3 is 4.74 Å². The molecule has 3 aromatic rings. The minimum Gasteiger partial charge on any atom is -0.493 e. The molecule has 2 heterocycles. The molecule has 0 aromatic heterocycles. The maximum absolute atomic E-state index is 6.12. The van der Waals surface area contributed by atoms with Crippen LogP contribution in [-0.4, -0.2) is 24.6 Å². The van der Waals surface area contributed by atoms with Gasteiger partial charge in [-0.05, 0) is 22.4 Å². The van der Waals surface area contributed by atoms with Gasteiger partial charge in [-0.1, -0.05) is 60.7 Å². The summed E-state index contributed by atoms with van der Waals surface area (Å²) in [5, 5.41) is 2.69. The molecule has 0 spiro atoms. The maximum atomic E-state index is 6.12. The molecule has 0 unspecified atom stereocenters. The second kappa shape index (κ2) is 5.64. The van der Waals surface area contributed by atoms with Crippen LogP contribution in [0.1, 0.15) is 17.0 Å². The molecule has 2 nitrogen and oxygen atoms in total. The Morgan fingerprint density at radius 3 is 2.62 bits per heavy atom. The third-order valence-electron chi connectivity index (χ3n) is 5.52. The Kier molecular flexibility index (Phi) is 3.30. The first-order valence-electron chi connectivity index (χ1n) is 8.79. The van der Waals surface area contributed by atoms with Crippen molar-refractivity contribution in [3.05, 3.63) is 77.9 Å². The average Bonchev–Trinajstić information content (AvgIpc) is 3.04. The van der Waals surface area contributed by atoms with Gasteiger partial charge in [-0.15, -0.1) is 0 Å². The lowest BCUT2D eigenvalue weighted by molar-refractivity contribution is 0.213. The second-order valence-corrected chi connectivity index (χ2v) is 7.06. The quantitative estimate of drug-likeness (QED) is 0.693. The van der Waals surface area contributed by atoms with Gasteiger partial charge >= 0.3 is 0 Å². The number of likely N-dealkylation sites (tertiary alicyclic amines) is 1. The van der Waals surface area contributed by atoms with Gasteiger partial charge in [-0.25, -0.2) is 0 Å². The van der Waals surface area contributed by atoms with Crippen LogP contribution >= 0.6 is 0 Å². The smallest absolute Gasteiger partial charge is 0.123 e. The van der Waals surface area contributed by atoms with Crippen molar-refractivity contribution in [2.24, 2.45) is 5.92 Å². The van der Waals surface area contributed by atoms with Gasteiger partial charge in [0.25, 0.3) is 0 Å². The summed E-state index contributed by atoms with van der Waals surface area (Å²) in [5.74, 6) is 2.28. The number of fused-ring (bicyclic) bond motifs is 5. The first kappa shape index (κ1) is 14.1. The topological polar surface area (TPSA) is 12.5 Å². The summed E-state index contributed by atoms with van der Waals surface area (Å²) < 4.78 is 6.12. The van der Waals surface area contributed by atoms with E-state index in [2.05, 4.69) is 71.6 Å². The summed E-state index contributed by atoms with van der Waals surface area (Å²) in [6.45, 7) is 4.14. The fourth-order valence-corrected chi connectivity index (χ4v) is 4.41. The molecule has 0 radical (unpaired) electrons. The van der Waals surface area contributed by atoms with Crippen LogP contribution in [0.5, 0.6) is 5.75 Å². The summed E-state index contributed by atoms with van der Waals surface area (Å²) in [5.41, 5.74) is 2.83. The fourth-order valence-electron chi connectivity index (χ4n) is 4.41. The monoisotopic (exact) mass is 315 g/mol. The number of hydrogen-bond donors (Lipinski definition) is 0. The van der Waals surface area contributed by atoms with Gasteiger partial charge in [-0.2, -0.15) is 0 Å². The number of nitrogens with zero attached hydrogens (tertiary/aromatic N) is 1. The predicted octanol–water partition coefficient (Wildman–Crippen LogP) is 4.45. The van der Waals surface area contributed by atoms with E-state index in [4.69, 9.17) is 4.74 Å². The Labute approximate surface area is 142 Å². The Morgan fingerprint density at radius 2 is 1.71 bits per heavy atom. The molecular formula is C22H21NO. The van der Waals surface area contributed by atoms with Crippen molar-refractivity contribution in [1.29, 1.82) is 0 Å². The molecule has 24 heavy (non-hydrogen) atoms. The summed E-state index contributed by atoms with van der Waals surface area (Å²) >= 11 is 0. The van der Waals surface area contributed by atoms with Crippen molar-refractivity contribution < 1.29 is 4.74 Å². The van der Waals surface area contributed by atoms with Crippen molar-refractivity contribution in [3.63, 3.8) is 0 Å². The van der Waals surface area contributed by atoms with Crippen LogP contribution in [0, 0.1) is 5.92 Å². The van der Waals surface area contributed by atoms with Crippen molar-refractivity contribution >= 4 is 10.8 Å². The predicted molar refractivity (Wildman–Crippen MR) is 97.4 cm³/mol. The fraction of sp³-hybridized carbons (Fsp3) is 0.273. The van der Waals surface area contributed by atoms with Gasteiger partial charge in [0, 0.05) is 37.0 Å². The molecule has 0 N–H and O–H groups in total. The SMILES string of the molecule is c1ccc(CN2C[C@@H]3COc4ccc5ccccc5c4[C@@H]3C2)cc1. The first-order valence-corrected chi connectivity index (χ1v) is 8.79. The lowest BCUT2D eigenvalue weighted by Crippen LogP contribution is -2.25. The minimum absolute atomic E-state index is 0.587. The molecule has 0 amide bonds. The number of ether oxygens (including phenoxy) is 1. The van der Waals surface area contributed by atoms with E-state index in [-0.39, 0.29) is 0 Å². The van der Waals surface area contributed by atoms with Crippen LogP contribution in [0.3, 0.4) is 0 Å². The van der Waals surface area contributed by atoms with Crippen molar-refractivity contribution in [1.82, 2.24) is 4.90 Å². The molecule has 2 aliphatic heterocycles. The van der Waals surface area contributed by atoms with Crippen LogP contribution in [0.2, 0.25) is 0 Å². The van der Waals surface area contributed by atoms with Crippen LogP contribution < -0.4 is 4.74 Å². The Hall–Kier alpha value is -2.32. The highest BCUT2D eigenvalue weighted by Crippen LogP contribution is 2.45. The molecule has 0 bridgehead atoms. The van der Waals surface area contributed by atoms with E-state index in [1.807, 2.05) is 0 Å². The Balaban J connectivity index is 1.49. The molecule has 2 atom stereocenters. The van der Waals surface area contributed by atoms with E-state index in [1.165, 1.54) is 21.9 Å². The molecule has 1 saturated heterocycles. The summed E-state index contributed by atoms with van der Waals surface area (Å²) in [6, 6.07) is 23.9. The Morgan fingerprint density at radius 1 is 0.875 bits per heavy atom. The molecule has 2 heteroatoms. The van der Waals surface area contributed by atoms with Crippen molar-refractivity contribution in [3.8, 4) is 5.75 Å². The standard InChI is InChI=1S/C22H21NO/c1-2-6-16(7-3-1)12-23-13-18-15-24-21-11-10-17-8-4-5-9-19(17)22(21)20(18)14-23/h1-11,18,20H,12-15H2/t18-,20-/m1/s1. The van der Waals surface area contributed by atoms with Gasteiger partial charge in [0.2, 0.25) is 0 Å². The van der Waals surface area contributed by atoms with Gasteiger partial charge in [-0.3, -0.25) is 4.90 Å². The van der Waals surface area contributed by atoms with Crippen LogP contribution in [-0.2, 0) is 6.54 Å². The van der Waals surface area contributed by atoms with E-state index in [0.717, 1.165) is 32.0 Å². The highest BCUT2D eigenvalue weighted by molar-refractivity contribution is 5.88. The number of hydrogen-bond acceptors (Lipinski definition) is 2. The van der Waals surface area contributed by atoms with E-state index < -0.39 is 0 Å². The molecule has 0 aliphatic carbocycles. The van der Waals surface area contributed by atoms with Gasteiger partial charge in [0.15, 0.2) is 0 Å². The average molecular weight is 315 g/mol. The first-order chi connectivity index (χ1) is 11.9. The molecular weight excluding hydrogens is 294 g/mol. The van der Waals surface area contributed by atoms with Crippen LogP contribution in [0.25, 0.3) is 10.8 Å². The normalized spacial score (nSPS) is 22.8. The van der Waals surface area contributed by atoms with Crippen molar-refractivity contribution in [2.75, 3.05) is 19.7 Å². The number of benzene rings is 3. The maximum Gasteiger partial charge on any atom is 0.123 e. The molecule has 1 fully saturated rings. The summed E-state index contributed by atoms with van der Waals surface area (Å²) in [4.78, 5) is 2.59. The van der Waals surface area contributed by atoms with E-state index in [0.29, 0.717) is 11.8 Å². The van der Waals surface area contributed by atoms with Crippen LogP contribution in [0.15, 0.2) is 66.7 Å².